The molecule has 0 aromatic rings. The van der Waals surface area contributed by atoms with Crippen LogP contribution < -0.4 is 0 Å². The molecule has 0 N–H and O–H groups in total. The topological polar surface area (TPSA) is 18.5 Å². The van der Waals surface area contributed by atoms with E-state index in [1.165, 1.54) is 0 Å². The van der Waals surface area contributed by atoms with E-state index in [0.717, 1.165) is 0 Å². The maximum Gasteiger partial charge on any atom is 0.522 e. The second kappa shape index (κ2) is 12.2. The first-order valence-corrected chi connectivity index (χ1v) is 13.8. The van der Waals surface area contributed by atoms with Gasteiger partial charge in [0.05, 0.1) is 6.10 Å². The normalized spacial score (nSPS) is 46.7. The molecule has 2 nitrogen and oxygen atoms in total. The molecule has 0 bridgehead atoms. The zero-order valence-electron chi connectivity index (χ0n) is 21.3. The van der Waals surface area contributed by atoms with Crippen molar-refractivity contribution in [2.45, 2.75) is 132 Å². The van der Waals surface area contributed by atoms with E-state index in [-0.39, 0.29) is 18.3 Å². The Kier molecular flexibility index (Phi) is 9.71. The van der Waals surface area contributed by atoms with Gasteiger partial charge >= 0.3 is 12.5 Å². The molecule has 4 aliphatic rings. The Labute approximate surface area is 220 Å². The molecule has 39 heavy (non-hydrogen) atoms. The van der Waals surface area contributed by atoms with Gasteiger partial charge in [0.2, 0.25) is 0 Å². The molecular formula is C26H35F11O2. The van der Waals surface area contributed by atoms with Crippen molar-refractivity contribution >= 4 is 0 Å². The van der Waals surface area contributed by atoms with Gasteiger partial charge in [-0.1, -0.05) is 0 Å². The summed E-state index contributed by atoms with van der Waals surface area (Å²) < 4.78 is 162. The summed E-state index contributed by atoms with van der Waals surface area (Å²) in [4.78, 5) is 0. The van der Waals surface area contributed by atoms with Crippen molar-refractivity contribution in [3.8, 4) is 0 Å². The quantitative estimate of drug-likeness (QED) is 0.291. The summed E-state index contributed by atoms with van der Waals surface area (Å²) in [5.41, 5.74) is 0. The minimum absolute atomic E-state index is 0.0513. The van der Waals surface area contributed by atoms with Gasteiger partial charge in [-0.3, -0.25) is 4.74 Å². The van der Waals surface area contributed by atoms with E-state index < -0.39 is 105 Å². The van der Waals surface area contributed by atoms with Crippen molar-refractivity contribution in [2.24, 2.45) is 29.6 Å². The summed E-state index contributed by atoms with van der Waals surface area (Å²) in [6.07, 6.45) is -26.4. The molecule has 0 amide bonds. The fourth-order valence-electron chi connectivity index (χ4n) is 7.44. The van der Waals surface area contributed by atoms with Gasteiger partial charge in [-0.2, -0.15) is 8.78 Å². The van der Waals surface area contributed by atoms with Crippen molar-refractivity contribution in [1.29, 1.82) is 0 Å². The van der Waals surface area contributed by atoms with Gasteiger partial charge in [0.1, 0.15) is 49.1 Å². The number of hydrogen-bond donors (Lipinski definition) is 0. The van der Waals surface area contributed by atoms with Crippen LogP contribution in [0.25, 0.3) is 0 Å². The van der Waals surface area contributed by atoms with Crippen LogP contribution in [0.5, 0.6) is 0 Å². The first-order valence-electron chi connectivity index (χ1n) is 13.8. The SMILES string of the molecule is FC1CCC(C2CCC(C3CC(F)C(C(F)(F)OC4CC(F)C(OC(F)(F)F)C(F)C4)C(F)C3)C(F)C2)CC1. The fraction of sp³-hybridized carbons (Fsp3) is 1.00. The summed E-state index contributed by atoms with van der Waals surface area (Å²) in [5.74, 6) is -3.86. The Balaban J connectivity index is 1.31. The van der Waals surface area contributed by atoms with Crippen molar-refractivity contribution < 1.29 is 57.8 Å². The highest BCUT2D eigenvalue weighted by Crippen LogP contribution is 2.51. The molecule has 0 spiro atoms. The number of hydrogen-bond acceptors (Lipinski definition) is 2. The molecule has 0 aliphatic heterocycles. The molecule has 228 valence electrons. The molecule has 4 rings (SSSR count). The smallest absolute Gasteiger partial charge is 0.317 e. The van der Waals surface area contributed by atoms with E-state index in [0.29, 0.717) is 38.5 Å². The maximum atomic E-state index is 15.2. The molecule has 0 aromatic heterocycles. The third-order valence-corrected chi connectivity index (χ3v) is 9.34. The Morgan fingerprint density at radius 1 is 0.487 bits per heavy atom. The van der Waals surface area contributed by atoms with E-state index in [4.69, 9.17) is 0 Å². The van der Waals surface area contributed by atoms with E-state index in [1.807, 2.05) is 0 Å². The molecule has 4 saturated carbocycles. The van der Waals surface area contributed by atoms with E-state index in [1.54, 1.807) is 0 Å². The lowest BCUT2D eigenvalue weighted by Gasteiger charge is -2.45. The first-order chi connectivity index (χ1) is 18.1. The molecule has 7 unspecified atom stereocenters. The van der Waals surface area contributed by atoms with Gasteiger partial charge in [0.15, 0.2) is 0 Å². The van der Waals surface area contributed by atoms with Gasteiger partial charge in [-0.15, -0.1) is 13.2 Å². The molecule has 0 saturated heterocycles. The van der Waals surface area contributed by atoms with Crippen LogP contribution in [0, 0.1) is 29.6 Å². The summed E-state index contributed by atoms with van der Waals surface area (Å²) in [6, 6.07) is 0. The van der Waals surface area contributed by atoms with Crippen molar-refractivity contribution in [3.05, 3.63) is 0 Å². The van der Waals surface area contributed by atoms with Crippen molar-refractivity contribution in [2.75, 3.05) is 0 Å². The third kappa shape index (κ3) is 7.52. The number of halogens is 11. The molecule has 4 fully saturated rings. The minimum atomic E-state index is -5.34. The predicted octanol–water partition coefficient (Wildman–Crippen LogP) is 8.32. The molecule has 0 heterocycles. The van der Waals surface area contributed by atoms with Crippen LogP contribution in [0.15, 0.2) is 0 Å². The summed E-state index contributed by atoms with van der Waals surface area (Å²) in [5, 5.41) is 0. The predicted molar refractivity (Wildman–Crippen MR) is 118 cm³/mol. The molecule has 13 heteroatoms. The highest BCUT2D eigenvalue weighted by atomic mass is 19.4. The third-order valence-electron chi connectivity index (χ3n) is 9.34. The van der Waals surface area contributed by atoms with Crippen LogP contribution >= 0.6 is 0 Å². The average Bonchev–Trinajstić information content (AvgIpc) is 2.80. The first kappa shape index (κ1) is 31.1. The highest BCUT2D eigenvalue weighted by Gasteiger charge is 2.58. The van der Waals surface area contributed by atoms with E-state index in [2.05, 4.69) is 9.47 Å². The molecule has 4 aliphatic carbocycles. The second-order valence-electron chi connectivity index (χ2n) is 11.9. The lowest BCUT2D eigenvalue weighted by molar-refractivity contribution is -0.366. The summed E-state index contributed by atoms with van der Waals surface area (Å²) >= 11 is 0. The highest BCUT2D eigenvalue weighted by molar-refractivity contribution is 4.97. The molecule has 7 atom stereocenters. The minimum Gasteiger partial charge on any atom is -0.317 e. The summed E-state index contributed by atoms with van der Waals surface area (Å²) in [6.45, 7) is 0. The fourth-order valence-corrected chi connectivity index (χ4v) is 7.44. The second-order valence-corrected chi connectivity index (χ2v) is 11.9. The average molecular weight is 589 g/mol. The van der Waals surface area contributed by atoms with Gasteiger partial charge in [-0.05, 0) is 81.5 Å². The summed E-state index contributed by atoms with van der Waals surface area (Å²) in [7, 11) is 0. The standard InChI is InChI=1S/C26H35F11O2/c27-15-4-1-12(2-5-15)13-3-6-17(18(28)7-13)14-8-19(29)23(20(30)9-14)25(33,34)38-16-10-21(31)24(22(32)11-16)39-26(35,36)37/h12-24H,1-11H2. The Morgan fingerprint density at radius 2 is 1.00 bits per heavy atom. The number of alkyl halides is 11. The lowest BCUT2D eigenvalue weighted by atomic mass is 9.64. The van der Waals surface area contributed by atoms with Crippen LogP contribution in [-0.4, -0.2) is 61.7 Å². The lowest BCUT2D eigenvalue weighted by Crippen LogP contribution is -2.53. The monoisotopic (exact) mass is 588 g/mol. The van der Waals surface area contributed by atoms with E-state index in [9.17, 15) is 35.1 Å². The van der Waals surface area contributed by atoms with Gasteiger partial charge in [0.25, 0.3) is 0 Å². The van der Waals surface area contributed by atoms with Crippen LogP contribution in [-0.2, 0) is 9.47 Å². The largest absolute Gasteiger partial charge is 0.522 e. The molecular weight excluding hydrogens is 553 g/mol. The zero-order chi connectivity index (χ0) is 28.7. The van der Waals surface area contributed by atoms with Gasteiger partial charge in [0, 0.05) is 12.8 Å². The molecule has 0 radical (unpaired) electrons. The van der Waals surface area contributed by atoms with Crippen molar-refractivity contribution in [1.82, 2.24) is 0 Å². The van der Waals surface area contributed by atoms with Crippen molar-refractivity contribution in [3.63, 3.8) is 0 Å². The maximum absolute atomic E-state index is 15.2. The molecule has 0 aromatic carbocycles. The Morgan fingerprint density at radius 3 is 1.51 bits per heavy atom. The van der Waals surface area contributed by atoms with E-state index >= 15 is 13.2 Å². The number of rotatable bonds is 6. The van der Waals surface area contributed by atoms with Crippen LogP contribution in [0.4, 0.5) is 48.3 Å². The van der Waals surface area contributed by atoms with Crippen LogP contribution in [0.2, 0.25) is 0 Å². The Hall–Kier alpha value is -0.850. The Bertz CT molecular complexity index is 766. The van der Waals surface area contributed by atoms with Crippen LogP contribution in [0.1, 0.15) is 70.6 Å². The van der Waals surface area contributed by atoms with Crippen LogP contribution in [0.3, 0.4) is 0 Å². The van der Waals surface area contributed by atoms with Gasteiger partial charge in [-0.25, -0.2) is 26.3 Å². The zero-order valence-corrected chi connectivity index (χ0v) is 21.3. The number of ether oxygens (including phenoxy) is 2. The van der Waals surface area contributed by atoms with Gasteiger partial charge < -0.3 is 4.74 Å².